The van der Waals surface area contributed by atoms with E-state index in [0.717, 1.165) is 58.6 Å². The van der Waals surface area contributed by atoms with Crippen LogP contribution in [0.5, 0.6) is 0 Å². The van der Waals surface area contributed by atoms with Crippen LogP contribution in [0.3, 0.4) is 0 Å². The van der Waals surface area contributed by atoms with Crippen molar-refractivity contribution in [2.24, 2.45) is 0 Å². The van der Waals surface area contributed by atoms with Gasteiger partial charge in [-0.1, -0.05) is 11.2 Å². The van der Waals surface area contributed by atoms with Crippen molar-refractivity contribution in [3.63, 3.8) is 0 Å². The minimum absolute atomic E-state index is 0.125. The van der Waals surface area contributed by atoms with Crippen molar-refractivity contribution in [3.05, 3.63) is 65.3 Å². The molecule has 0 radical (unpaired) electrons. The molecule has 8 nitrogen and oxygen atoms in total. The highest BCUT2D eigenvalue weighted by Crippen LogP contribution is 2.43. The van der Waals surface area contributed by atoms with Crippen LogP contribution in [0.2, 0.25) is 0 Å². The molecule has 37 heavy (non-hydrogen) atoms. The Morgan fingerprint density at radius 1 is 1.08 bits per heavy atom. The number of hydrogen-bond donors (Lipinski definition) is 0. The average Bonchev–Trinajstić information content (AvgIpc) is 3.39. The fraction of sp³-hybridized carbons (Fsp3) is 0.370. The number of amides is 1. The van der Waals surface area contributed by atoms with Crippen LogP contribution in [0.1, 0.15) is 48.6 Å². The minimum atomic E-state index is -1.03. The Balaban J connectivity index is 1.50. The molecule has 2 aromatic carbocycles. The number of imidazole rings is 1. The number of carbonyl (C=O) groups is 1. The van der Waals surface area contributed by atoms with Crippen molar-refractivity contribution in [1.82, 2.24) is 14.7 Å². The molecule has 0 spiro atoms. The van der Waals surface area contributed by atoms with Gasteiger partial charge in [0.1, 0.15) is 17.6 Å². The molecule has 0 bridgehead atoms. The first kappa shape index (κ1) is 23.6. The molecule has 2 aromatic heterocycles. The maximum atomic E-state index is 14.2. The number of rotatable bonds is 5. The number of aryl methyl sites for hydroxylation is 2. The van der Waals surface area contributed by atoms with E-state index in [1.807, 2.05) is 32.0 Å². The van der Waals surface area contributed by atoms with Gasteiger partial charge in [-0.3, -0.25) is 4.90 Å². The van der Waals surface area contributed by atoms with Gasteiger partial charge < -0.3 is 18.6 Å². The average molecular weight is 509 g/mol. The molecule has 1 atom stereocenters. The van der Waals surface area contributed by atoms with Crippen molar-refractivity contribution < 1.29 is 27.6 Å². The monoisotopic (exact) mass is 508 g/mol. The molecule has 1 amide bonds. The van der Waals surface area contributed by atoms with E-state index >= 15 is 0 Å². The Hall–Kier alpha value is -3.79. The summed E-state index contributed by atoms with van der Waals surface area (Å²) in [5.41, 5.74) is 4.55. The largest absolute Gasteiger partial charge is 0.449 e. The normalized spacial score (nSPS) is 21.8. The lowest BCUT2D eigenvalue weighted by Gasteiger charge is -2.39. The number of hydrogen-bond acceptors (Lipinski definition) is 6. The maximum absolute atomic E-state index is 14.2. The summed E-state index contributed by atoms with van der Waals surface area (Å²) in [6, 6.07) is 9.05. The molecule has 192 valence electrons. The number of fused-ring (bicyclic) bond motifs is 1. The van der Waals surface area contributed by atoms with Gasteiger partial charge in [0.25, 0.3) is 0 Å². The van der Waals surface area contributed by atoms with Crippen LogP contribution in [-0.4, -0.2) is 40.6 Å². The highest BCUT2D eigenvalue weighted by atomic mass is 19.2. The summed E-state index contributed by atoms with van der Waals surface area (Å²) in [4.78, 5) is 19.3. The number of halogens is 2. The first-order chi connectivity index (χ1) is 17.9. The fourth-order valence-corrected chi connectivity index (χ4v) is 5.48. The quantitative estimate of drug-likeness (QED) is 0.328. The predicted octanol–water partition coefficient (Wildman–Crippen LogP) is 6.02. The number of aromatic nitrogens is 3. The van der Waals surface area contributed by atoms with Gasteiger partial charge >= 0.3 is 6.09 Å². The lowest BCUT2D eigenvalue weighted by atomic mass is 9.88. The van der Waals surface area contributed by atoms with Crippen molar-refractivity contribution in [2.45, 2.75) is 51.3 Å². The lowest BCUT2D eigenvalue weighted by Crippen LogP contribution is -2.43. The smallest absolute Gasteiger partial charge is 0.414 e. The summed E-state index contributed by atoms with van der Waals surface area (Å²) in [5.74, 6) is -0.621. The van der Waals surface area contributed by atoms with Gasteiger partial charge in [-0.05, 0) is 56.5 Å². The molecule has 1 aliphatic heterocycles. The van der Waals surface area contributed by atoms with E-state index in [-0.39, 0.29) is 24.4 Å². The zero-order valence-electron chi connectivity index (χ0n) is 20.7. The van der Waals surface area contributed by atoms with E-state index in [1.54, 1.807) is 7.11 Å². The standard InChI is InChI=1S/C27H26F2N4O4/c1-14-25(15(2)37-31-14)16-4-7-23-22(10-16)30-26(32(23)18-11-19(12-18)35-3)24-8-9-36-27(34)33(24)17-5-6-20(28)21(29)13-17/h4-7,10,13,18-19,24H,8-9,11-12H2,1-3H3/t18?,19?,24-/m0/s1. The molecular weight excluding hydrogens is 482 g/mol. The highest BCUT2D eigenvalue weighted by Gasteiger charge is 2.40. The van der Waals surface area contributed by atoms with Gasteiger partial charge in [0.05, 0.1) is 35.1 Å². The molecule has 1 saturated carbocycles. The molecule has 0 N–H and O–H groups in total. The second kappa shape index (κ2) is 8.95. The van der Waals surface area contributed by atoms with Crippen molar-refractivity contribution in [1.29, 1.82) is 0 Å². The number of cyclic esters (lactones) is 1. The van der Waals surface area contributed by atoms with Gasteiger partial charge in [0.2, 0.25) is 0 Å². The van der Waals surface area contributed by atoms with E-state index in [1.165, 1.54) is 11.0 Å². The molecule has 10 heteroatoms. The third-order valence-electron chi connectivity index (χ3n) is 7.41. The van der Waals surface area contributed by atoms with E-state index in [0.29, 0.717) is 12.2 Å². The van der Waals surface area contributed by atoms with Gasteiger partial charge in [-0.25, -0.2) is 18.6 Å². The Morgan fingerprint density at radius 3 is 2.59 bits per heavy atom. The van der Waals surface area contributed by atoms with E-state index < -0.39 is 23.8 Å². The SMILES string of the molecule is COC1CC(n2c([C@@H]3CCOC(=O)N3c3ccc(F)c(F)c3)nc3cc(-c4c(C)noc4C)ccc32)C1. The number of carbonyl (C=O) groups excluding carboxylic acids is 1. The molecule has 1 aliphatic carbocycles. The van der Waals surface area contributed by atoms with Gasteiger partial charge in [-0.15, -0.1) is 0 Å². The van der Waals surface area contributed by atoms with Crippen LogP contribution in [0.25, 0.3) is 22.2 Å². The second-order valence-corrected chi connectivity index (χ2v) is 9.61. The maximum Gasteiger partial charge on any atom is 0.414 e. The lowest BCUT2D eigenvalue weighted by molar-refractivity contribution is 0.00598. The molecule has 6 rings (SSSR count). The van der Waals surface area contributed by atoms with Crippen LogP contribution in [0, 0.1) is 25.5 Å². The first-order valence-corrected chi connectivity index (χ1v) is 12.2. The Bertz CT molecular complexity index is 1490. The number of anilines is 1. The van der Waals surface area contributed by atoms with Crippen molar-refractivity contribution in [3.8, 4) is 11.1 Å². The summed E-state index contributed by atoms with van der Waals surface area (Å²) < 4.78 is 46.2. The van der Waals surface area contributed by atoms with Crippen LogP contribution in [-0.2, 0) is 9.47 Å². The minimum Gasteiger partial charge on any atom is -0.449 e. The number of ether oxygens (including phenoxy) is 2. The Labute approximate surface area is 211 Å². The van der Waals surface area contributed by atoms with E-state index in [9.17, 15) is 13.6 Å². The van der Waals surface area contributed by atoms with Gasteiger partial charge in [-0.2, -0.15) is 0 Å². The zero-order chi connectivity index (χ0) is 25.8. The topological polar surface area (TPSA) is 82.6 Å². The summed E-state index contributed by atoms with van der Waals surface area (Å²) in [5, 5.41) is 4.07. The third kappa shape index (κ3) is 3.87. The molecule has 0 unspecified atom stereocenters. The molecule has 4 aromatic rings. The molecule has 2 fully saturated rings. The van der Waals surface area contributed by atoms with E-state index in [2.05, 4.69) is 9.72 Å². The molecule has 2 aliphatic rings. The van der Waals surface area contributed by atoms with Crippen LogP contribution in [0.15, 0.2) is 40.9 Å². The Kier molecular flexibility index (Phi) is 5.71. The van der Waals surface area contributed by atoms with Crippen LogP contribution >= 0.6 is 0 Å². The van der Waals surface area contributed by atoms with Crippen LogP contribution < -0.4 is 4.90 Å². The highest BCUT2D eigenvalue weighted by molar-refractivity contribution is 5.90. The predicted molar refractivity (Wildman–Crippen MR) is 131 cm³/mol. The summed E-state index contributed by atoms with van der Waals surface area (Å²) in [7, 11) is 1.70. The molecule has 1 saturated heterocycles. The number of methoxy groups -OCH3 is 1. The van der Waals surface area contributed by atoms with Crippen molar-refractivity contribution in [2.75, 3.05) is 18.6 Å². The summed E-state index contributed by atoms with van der Waals surface area (Å²) >= 11 is 0. The molecular formula is C27H26F2N4O4. The van der Waals surface area contributed by atoms with Crippen LogP contribution in [0.4, 0.5) is 19.3 Å². The number of nitrogens with zero attached hydrogens (tertiary/aromatic N) is 4. The second-order valence-electron chi connectivity index (χ2n) is 9.61. The summed E-state index contributed by atoms with van der Waals surface area (Å²) in [6.45, 7) is 3.96. The first-order valence-electron chi connectivity index (χ1n) is 12.2. The van der Waals surface area contributed by atoms with E-state index in [4.69, 9.17) is 19.0 Å². The van der Waals surface area contributed by atoms with Gasteiger partial charge in [0, 0.05) is 31.2 Å². The summed E-state index contributed by atoms with van der Waals surface area (Å²) in [6.07, 6.45) is 1.59. The Morgan fingerprint density at radius 2 is 1.89 bits per heavy atom. The third-order valence-corrected chi connectivity index (χ3v) is 7.41. The fourth-order valence-electron chi connectivity index (χ4n) is 5.48. The number of benzene rings is 2. The van der Waals surface area contributed by atoms with Gasteiger partial charge in [0.15, 0.2) is 11.6 Å². The zero-order valence-corrected chi connectivity index (χ0v) is 20.7. The van der Waals surface area contributed by atoms with Crippen molar-refractivity contribution >= 4 is 22.8 Å². The molecule has 3 heterocycles.